The molecule has 13 heavy (non-hydrogen) atoms. The van der Waals surface area contributed by atoms with Crippen LogP contribution in [0.25, 0.3) is 0 Å². The summed E-state index contributed by atoms with van der Waals surface area (Å²) >= 11 is 0. The van der Waals surface area contributed by atoms with E-state index in [2.05, 4.69) is 10.4 Å². The Morgan fingerprint density at radius 2 is 1.85 bits per heavy atom. The minimum atomic E-state index is -0.120. The summed E-state index contributed by atoms with van der Waals surface area (Å²) < 4.78 is 0. The number of nitrogens with zero attached hydrogens (tertiary/aromatic N) is 3. The Morgan fingerprint density at radius 1 is 1.23 bits per heavy atom. The summed E-state index contributed by atoms with van der Waals surface area (Å²) in [7, 11) is 0. The van der Waals surface area contributed by atoms with Crippen molar-refractivity contribution in [3.05, 3.63) is 4.91 Å². The van der Waals surface area contributed by atoms with Gasteiger partial charge < -0.3 is 11.5 Å². The monoisotopic (exact) mass is 185 g/mol. The summed E-state index contributed by atoms with van der Waals surface area (Å²) in [4.78, 5) is 10.4. The van der Waals surface area contributed by atoms with Crippen LogP contribution in [0.5, 0.6) is 0 Å². The Morgan fingerprint density at radius 3 is 2.31 bits per heavy atom. The van der Waals surface area contributed by atoms with Gasteiger partial charge in [-0.05, 0) is 12.8 Å². The van der Waals surface area contributed by atoms with Crippen molar-refractivity contribution in [1.29, 1.82) is 0 Å². The number of hydrogen-bond donors (Lipinski definition) is 2. The zero-order chi connectivity index (χ0) is 9.68. The zero-order valence-corrected chi connectivity index (χ0v) is 7.52. The topological polar surface area (TPSA) is 97.1 Å². The first-order valence-corrected chi connectivity index (χ1v) is 4.46. The molecule has 1 fully saturated rings. The lowest BCUT2D eigenvalue weighted by Gasteiger charge is -2.25. The third-order valence-corrected chi connectivity index (χ3v) is 2.20. The normalized spacial score (nSPS) is 17.8. The van der Waals surface area contributed by atoms with E-state index in [9.17, 15) is 4.91 Å². The van der Waals surface area contributed by atoms with Crippen molar-refractivity contribution in [3.8, 4) is 0 Å². The quantitative estimate of drug-likeness (QED) is 0.289. The smallest absolute Gasteiger partial charge is 0.210 e. The lowest BCUT2D eigenvalue weighted by Crippen LogP contribution is -2.33. The summed E-state index contributed by atoms with van der Waals surface area (Å²) in [5.74, 6) is -0.120. The molecule has 1 saturated carbocycles. The van der Waals surface area contributed by atoms with E-state index in [1.807, 2.05) is 0 Å². The zero-order valence-electron chi connectivity index (χ0n) is 7.52. The fraction of sp³-hybridized carbons (Fsp3) is 0.857. The Labute approximate surface area is 76.9 Å². The average molecular weight is 185 g/mol. The van der Waals surface area contributed by atoms with E-state index in [4.69, 9.17) is 11.5 Å². The molecule has 0 aromatic rings. The highest BCUT2D eigenvalue weighted by Gasteiger charge is 2.20. The van der Waals surface area contributed by atoms with Crippen LogP contribution in [0.2, 0.25) is 0 Å². The first kappa shape index (κ1) is 9.76. The molecule has 1 rings (SSSR count). The number of rotatable bonds is 3. The Balaban J connectivity index is 2.54. The molecule has 0 heterocycles. The van der Waals surface area contributed by atoms with Gasteiger partial charge in [0.25, 0.3) is 0 Å². The third kappa shape index (κ3) is 2.89. The number of nitroso groups, excluding NO2 is 1. The predicted molar refractivity (Wildman–Crippen MR) is 50.3 cm³/mol. The van der Waals surface area contributed by atoms with Crippen molar-refractivity contribution in [2.24, 2.45) is 21.9 Å². The van der Waals surface area contributed by atoms with Crippen LogP contribution in [0.3, 0.4) is 0 Å². The van der Waals surface area contributed by atoms with Crippen LogP contribution in [0, 0.1) is 4.91 Å². The van der Waals surface area contributed by atoms with Gasteiger partial charge in [0, 0.05) is 0 Å². The molecule has 0 bridgehead atoms. The molecular formula is C7H15N5O. The molecule has 1 aliphatic carbocycles. The average Bonchev–Trinajstić information content (AvgIpc) is 2.15. The standard InChI is InChI=1S/C7H15N5O/c8-7(9)10-12(11-13)6-4-2-1-3-5-6/h6H,1-5H2,(H4,8,9,10). The highest BCUT2D eigenvalue weighted by molar-refractivity contribution is 5.75. The minimum Gasteiger partial charge on any atom is -0.369 e. The molecule has 74 valence electrons. The molecule has 0 aromatic heterocycles. The Bertz CT molecular complexity index is 195. The molecule has 0 saturated heterocycles. The van der Waals surface area contributed by atoms with Gasteiger partial charge in [-0.2, -0.15) is 0 Å². The largest absolute Gasteiger partial charge is 0.369 e. The minimum absolute atomic E-state index is 0.0772. The van der Waals surface area contributed by atoms with Crippen LogP contribution in [-0.2, 0) is 0 Å². The van der Waals surface area contributed by atoms with E-state index in [1.54, 1.807) is 0 Å². The molecule has 0 unspecified atom stereocenters. The van der Waals surface area contributed by atoms with Gasteiger partial charge in [-0.15, -0.1) is 15.1 Å². The van der Waals surface area contributed by atoms with Gasteiger partial charge >= 0.3 is 0 Å². The van der Waals surface area contributed by atoms with Crippen LogP contribution in [0.15, 0.2) is 10.4 Å². The van der Waals surface area contributed by atoms with Crippen LogP contribution >= 0.6 is 0 Å². The van der Waals surface area contributed by atoms with E-state index in [1.165, 1.54) is 6.42 Å². The number of hydrogen-bond acceptors (Lipinski definition) is 3. The molecule has 0 aliphatic heterocycles. The number of guanidine groups is 1. The lowest BCUT2D eigenvalue weighted by molar-refractivity contribution is 0.165. The fourth-order valence-electron chi connectivity index (χ4n) is 1.60. The second-order valence-corrected chi connectivity index (χ2v) is 3.22. The molecule has 4 N–H and O–H groups in total. The molecule has 0 amide bonds. The van der Waals surface area contributed by atoms with Crippen LogP contribution in [0.4, 0.5) is 0 Å². The van der Waals surface area contributed by atoms with Crippen molar-refractivity contribution in [3.63, 3.8) is 0 Å². The maximum Gasteiger partial charge on any atom is 0.210 e. The molecule has 0 atom stereocenters. The highest BCUT2D eigenvalue weighted by atomic mass is 16.3. The summed E-state index contributed by atoms with van der Waals surface area (Å²) in [6.07, 6.45) is 5.30. The molecule has 0 radical (unpaired) electrons. The maximum atomic E-state index is 10.4. The maximum absolute atomic E-state index is 10.4. The van der Waals surface area contributed by atoms with E-state index in [0.717, 1.165) is 30.8 Å². The molecular weight excluding hydrogens is 170 g/mol. The van der Waals surface area contributed by atoms with Crippen molar-refractivity contribution in [1.82, 2.24) is 5.12 Å². The van der Waals surface area contributed by atoms with Crippen LogP contribution in [-0.4, -0.2) is 17.1 Å². The first-order valence-electron chi connectivity index (χ1n) is 4.46. The van der Waals surface area contributed by atoms with Gasteiger partial charge in [-0.3, -0.25) is 0 Å². The van der Waals surface area contributed by atoms with E-state index >= 15 is 0 Å². The Kier molecular flexibility index (Phi) is 3.48. The first-order chi connectivity index (χ1) is 6.24. The predicted octanol–water partition coefficient (Wildman–Crippen LogP) is 0.491. The van der Waals surface area contributed by atoms with Crippen molar-refractivity contribution in [2.45, 2.75) is 38.1 Å². The van der Waals surface area contributed by atoms with E-state index in [0.29, 0.717) is 0 Å². The van der Waals surface area contributed by atoms with Gasteiger partial charge in [0.2, 0.25) is 5.96 Å². The van der Waals surface area contributed by atoms with Gasteiger partial charge in [-0.1, -0.05) is 19.3 Å². The van der Waals surface area contributed by atoms with Crippen LogP contribution in [0.1, 0.15) is 32.1 Å². The molecule has 6 nitrogen and oxygen atoms in total. The number of nitrogens with two attached hydrogens (primary N) is 2. The molecule has 0 aromatic carbocycles. The third-order valence-electron chi connectivity index (χ3n) is 2.20. The van der Waals surface area contributed by atoms with Gasteiger partial charge in [0.15, 0.2) is 0 Å². The molecule has 6 heteroatoms. The SMILES string of the molecule is NC(N)=NN(N=O)C1CCCCC1. The summed E-state index contributed by atoms with van der Waals surface area (Å²) in [6.45, 7) is 0. The van der Waals surface area contributed by atoms with Crippen LogP contribution < -0.4 is 11.5 Å². The van der Waals surface area contributed by atoms with Crippen molar-refractivity contribution >= 4 is 5.96 Å². The van der Waals surface area contributed by atoms with Crippen molar-refractivity contribution in [2.75, 3.05) is 0 Å². The van der Waals surface area contributed by atoms with Gasteiger partial charge in [0.1, 0.15) is 0 Å². The van der Waals surface area contributed by atoms with Gasteiger partial charge in [-0.25, -0.2) is 0 Å². The summed E-state index contributed by atoms with van der Waals surface area (Å²) in [5.41, 5.74) is 10.3. The lowest BCUT2D eigenvalue weighted by atomic mass is 9.96. The summed E-state index contributed by atoms with van der Waals surface area (Å²) in [5, 5.41) is 7.52. The Hall–Kier alpha value is -1.33. The second-order valence-electron chi connectivity index (χ2n) is 3.22. The summed E-state index contributed by atoms with van der Waals surface area (Å²) in [6, 6.07) is 0.0772. The molecule has 1 aliphatic rings. The van der Waals surface area contributed by atoms with E-state index in [-0.39, 0.29) is 12.0 Å². The molecule has 0 spiro atoms. The second kappa shape index (κ2) is 4.64. The van der Waals surface area contributed by atoms with Crippen molar-refractivity contribution < 1.29 is 0 Å². The highest BCUT2D eigenvalue weighted by Crippen LogP contribution is 2.22. The van der Waals surface area contributed by atoms with Gasteiger partial charge in [0.05, 0.1) is 11.3 Å². The number of hydrazone groups is 1. The fourth-order valence-corrected chi connectivity index (χ4v) is 1.60. The van der Waals surface area contributed by atoms with E-state index < -0.39 is 0 Å².